The molecule has 2 aromatic carbocycles. The summed E-state index contributed by atoms with van der Waals surface area (Å²) in [6.07, 6.45) is 8.57. The average molecular weight is 455 g/mol. The van der Waals surface area contributed by atoms with E-state index in [4.69, 9.17) is 30.9 Å². The Balaban J connectivity index is 1.41. The second-order valence-electron chi connectivity index (χ2n) is 7.35. The molecule has 0 spiro atoms. The highest BCUT2D eigenvalue weighted by Gasteiger charge is 2.18. The van der Waals surface area contributed by atoms with Gasteiger partial charge in [-0.1, -0.05) is 53.6 Å². The van der Waals surface area contributed by atoms with Crippen molar-refractivity contribution in [3.8, 4) is 16.9 Å². The Morgan fingerprint density at radius 3 is 2.56 bits per heavy atom. The number of carboxylic acids is 1. The molecule has 32 heavy (non-hydrogen) atoms. The standard InChI is InChI=1S/C26H27ClO5/c1-30-25(26(28)29)17-19-5-2-8-23(12-9-19)31-15-4-16-32-24-13-10-20(11-14-24)21-6-3-7-22(27)18-21/h2-3,6-14,18,25H,4-5,15-17H2,1H3,(H,28,29). The van der Waals surface area contributed by atoms with Gasteiger partial charge in [-0.15, -0.1) is 0 Å². The third-order valence-corrected chi connectivity index (χ3v) is 5.23. The van der Waals surface area contributed by atoms with Crippen LogP contribution in [0.4, 0.5) is 0 Å². The molecular weight excluding hydrogens is 428 g/mol. The largest absolute Gasteiger partial charge is 0.493 e. The van der Waals surface area contributed by atoms with Crippen molar-refractivity contribution in [2.24, 2.45) is 0 Å². The number of hydrogen-bond acceptors (Lipinski definition) is 4. The molecule has 1 aliphatic carbocycles. The first-order valence-corrected chi connectivity index (χ1v) is 10.9. The van der Waals surface area contributed by atoms with Crippen molar-refractivity contribution in [3.63, 3.8) is 0 Å². The van der Waals surface area contributed by atoms with Crippen molar-refractivity contribution in [2.75, 3.05) is 20.3 Å². The summed E-state index contributed by atoms with van der Waals surface area (Å²) < 4.78 is 16.6. The van der Waals surface area contributed by atoms with Gasteiger partial charge >= 0.3 is 5.97 Å². The van der Waals surface area contributed by atoms with Crippen molar-refractivity contribution in [1.29, 1.82) is 0 Å². The fourth-order valence-corrected chi connectivity index (χ4v) is 3.45. The summed E-state index contributed by atoms with van der Waals surface area (Å²) in [6, 6.07) is 15.7. The van der Waals surface area contributed by atoms with E-state index in [1.54, 1.807) is 0 Å². The molecular formula is C26H27ClO5. The van der Waals surface area contributed by atoms with Crippen LogP contribution in [-0.4, -0.2) is 37.5 Å². The van der Waals surface area contributed by atoms with Crippen LogP contribution in [0.2, 0.25) is 5.02 Å². The number of carboxylic acid groups (broad SMARTS) is 1. The van der Waals surface area contributed by atoms with Crippen molar-refractivity contribution in [1.82, 2.24) is 0 Å². The van der Waals surface area contributed by atoms with Gasteiger partial charge in [0.05, 0.1) is 13.2 Å². The Kier molecular flexibility index (Phi) is 8.96. The van der Waals surface area contributed by atoms with E-state index >= 15 is 0 Å². The molecule has 2 aromatic rings. The zero-order chi connectivity index (χ0) is 22.8. The first-order chi connectivity index (χ1) is 15.5. The average Bonchev–Trinajstić information content (AvgIpc) is 3.02. The lowest BCUT2D eigenvalue weighted by molar-refractivity contribution is -0.148. The summed E-state index contributed by atoms with van der Waals surface area (Å²) >= 11 is 6.06. The number of rotatable bonds is 11. The van der Waals surface area contributed by atoms with Crippen molar-refractivity contribution in [2.45, 2.75) is 25.4 Å². The first-order valence-electron chi connectivity index (χ1n) is 10.5. The van der Waals surface area contributed by atoms with Crippen LogP contribution in [0.15, 0.2) is 84.2 Å². The number of halogens is 1. The van der Waals surface area contributed by atoms with Crippen molar-refractivity contribution >= 4 is 17.6 Å². The number of hydrogen-bond donors (Lipinski definition) is 1. The molecule has 0 aromatic heterocycles. The van der Waals surface area contributed by atoms with E-state index in [1.807, 2.05) is 72.8 Å². The van der Waals surface area contributed by atoms with E-state index in [1.165, 1.54) is 7.11 Å². The molecule has 0 bridgehead atoms. The molecule has 6 heteroatoms. The second-order valence-corrected chi connectivity index (χ2v) is 7.79. The predicted molar refractivity (Wildman–Crippen MR) is 126 cm³/mol. The molecule has 1 aliphatic rings. The summed E-state index contributed by atoms with van der Waals surface area (Å²) in [5, 5.41) is 9.84. The van der Waals surface area contributed by atoms with Crippen LogP contribution in [0.25, 0.3) is 11.1 Å². The highest BCUT2D eigenvalue weighted by atomic mass is 35.5. The Morgan fingerprint density at radius 2 is 1.84 bits per heavy atom. The van der Waals surface area contributed by atoms with Crippen molar-refractivity contribution < 1.29 is 24.1 Å². The SMILES string of the molecule is COC(CC1=CC=C(OCCCOc2ccc(-c3cccc(Cl)c3)cc2)C=CC1)C(=O)O. The van der Waals surface area contributed by atoms with Crippen LogP contribution in [-0.2, 0) is 14.3 Å². The van der Waals surface area contributed by atoms with Crippen LogP contribution in [0.3, 0.4) is 0 Å². The summed E-state index contributed by atoms with van der Waals surface area (Å²) in [6.45, 7) is 1.07. The lowest BCUT2D eigenvalue weighted by Crippen LogP contribution is -2.22. The fourth-order valence-electron chi connectivity index (χ4n) is 3.26. The minimum absolute atomic E-state index is 0.351. The molecule has 0 saturated carbocycles. The number of aliphatic carboxylic acids is 1. The number of carbonyl (C=O) groups is 1. The quantitative estimate of drug-likeness (QED) is 0.418. The minimum Gasteiger partial charge on any atom is -0.493 e. The maximum absolute atomic E-state index is 11.1. The Bertz CT molecular complexity index is 992. The molecule has 0 saturated heterocycles. The van der Waals surface area contributed by atoms with Gasteiger partial charge in [0.1, 0.15) is 11.5 Å². The molecule has 3 rings (SSSR count). The van der Waals surface area contributed by atoms with E-state index in [2.05, 4.69) is 0 Å². The third-order valence-electron chi connectivity index (χ3n) is 4.99. The van der Waals surface area contributed by atoms with Gasteiger partial charge in [0.25, 0.3) is 0 Å². The molecule has 0 amide bonds. The van der Waals surface area contributed by atoms with Gasteiger partial charge in [-0.25, -0.2) is 4.79 Å². The normalized spacial score (nSPS) is 14.2. The molecule has 5 nitrogen and oxygen atoms in total. The highest BCUT2D eigenvalue weighted by Crippen LogP contribution is 2.25. The Morgan fingerprint density at radius 1 is 1.06 bits per heavy atom. The number of allylic oxidation sites excluding steroid dienone is 4. The molecule has 1 N–H and O–H groups in total. The van der Waals surface area contributed by atoms with Gasteiger partial charge in [0.15, 0.2) is 6.10 Å². The lowest BCUT2D eigenvalue weighted by Gasteiger charge is -2.11. The van der Waals surface area contributed by atoms with Gasteiger partial charge in [-0.3, -0.25) is 0 Å². The monoisotopic (exact) mass is 454 g/mol. The first kappa shape index (κ1) is 23.6. The van der Waals surface area contributed by atoms with Gasteiger partial charge < -0.3 is 19.3 Å². The van der Waals surface area contributed by atoms with Crippen LogP contribution >= 0.6 is 11.6 Å². The summed E-state index contributed by atoms with van der Waals surface area (Å²) in [7, 11) is 1.41. The topological polar surface area (TPSA) is 65.0 Å². The molecule has 0 fully saturated rings. The maximum atomic E-state index is 11.1. The molecule has 1 unspecified atom stereocenters. The third kappa shape index (κ3) is 7.29. The predicted octanol–water partition coefficient (Wildman–Crippen LogP) is 6.05. The smallest absolute Gasteiger partial charge is 0.333 e. The summed E-state index contributed by atoms with van der Waals surface area (Å²) in [4.78, 5) is 11.1. The molecule has 0 aliphatic heterocycles. The van der Waals surface area contributed by atoms with Gasteiger partial charge in [0, 0.05) is 25.0 Å². The zero-order valence-corrected chi connectivity index (χ0v) is 18.8. The van der Waals surface area contributed by atoms with E-state index in [0.717, 1.165) is 34.6 Å². The number of benzene rings is 2. The van der Waals surface area contributed by atoms with E-state index in [-0.39, 0.29) is 0 Å². The van der Waals surface area contributed by atoms with Gasteiger partial charge in [0.2, 0.25) is 0 Å². The summed E-state index contributed by atoms with van der Waals surface area (Å²) in [5.74, 6) is 0.597. The molecule has 0 heterocycles. The second kappa shape index (κ2) is 12.1. The van der Waals surface area contributed by atoms with Crippen LogP contribution in [0.5, 0.6) is 5.75 Å². The van der Waals surface area contributed by atoms with Crippen LogP contribution in [0.1, 0.15) is 19.3 Å². The van der Waals surface area contributed by atoms with Gasteiger partial charge in [-0.2, -0.15) is 0 Å². The number of methoxy groups -OCH3 is 1. The summed E-state index contributed by atoms with van der Waals surface area (Å²) in [5.41, 5.74) is 3.14. The minimum atomic E-state index is -0.957. The Hall–Kier alpha value is -3.02. The molecule has 1 atom stereocenters. The lowest BCUT2D eigenvalue weighted by atomic mass is 10.1. The van der Waals surface area contributed by atoms with E-state index < -0.39 is 12.1 Å². The van der Waals surface area contributed by atoms with Crippen LogP contribution in [0, 0.1) is 0 Å². The molecule has 168 valence electrons. The van der Waals surface area contributed by atoms with Gasteiger partial charge in [-0.05, 0) is 54.0 Å². The number of ether oxygens (including phenoxy) is 3. The highest BCUT2D eigenvalue weighted by molar-refractivity contribution is 6.30. The van der Waals surface area contributed by atoms with E-state index in [0.29, 0.717) is 31.1 Å². The fraction of sp³-hybridized carbons (Fsp3) is 0.269. The maximum Gasteiger partial charge on any atom is 0.333 e. The van der Waals surface area contributed by atoms with Crippen molar-refractivity contribution in [3.05, 3.63) is 89.2 Å². The molecule has 0 radical (unpaired) electrons. The Labute approximate surface area is 193 Å². The van der Waals surface area contributed by atoms with Crippen LogP contribution < -0.4 is 4.74 Å². The zero-order valence-electron chi connectivity index (χ0n) is 18.0. The van der Waals surface area contributed by atoms with E-state index in [9.17, 15) is 4.79 Å².